The molecular weight excluding hydrogens is 120 g/mol. The average molecular weight is 133 g/mol. The molecule has 0 aromatic carbocycles. The molecule has 3 nitrogen and oxygen atoms in total. The van der Waals surface area contributed by atoms with Gasteiger partial charge in [0.05, 0.1) is 0 Å². The molecule has 0 aliphatic carbocycles. The van der Waals surface area contributed by atoms with Crippen LogP contribution in [-0.2, 0) is 4.79 Å². The van der Waals surface area contributed by atoms with Crippen LogP contribution in [-0.4, -0.2) is 17.1 Å². The number of hydrogen-bond donors (Lipinski definition) is 2. The van der Waals surface area contributed by atoms with Gasteiger partial charge in [-0.1, -0.05) is 13.8 Å². The molecule has 0 saturated carbocycles. The molecule has 3 N–H and O–H groups in total. The van der Waals surface area contributed by atoms with Crippen LogP contribution in [0.5, 0.6) is 0 Å². The lowest BCUT2D eigenvalue weighted by molar-refractivity contribution is -0.138. The summed E-state index contributed by atoms with van der Waals surface area (Å²) in [4.78, 5) is 10.1. The van der Waals surface area contributed by atoms with E-state index < -0.39 is 12.0 Å². The molecule has 0 aliphatic rings. The topological polar surface area (TPSA) is 63.3 Å². The summed E-state index contributed by atoms with van der Waals surface area (Å²) in [6.45, 7) is 3.89. The van der Waals surface area contributed by atoms with Crippen LogP contribution in [0.2, 0.25) is 0 Å². The second-order valence-electron chi connectivity index (χ2n) is 2.57. The Morgan fingerprint density at radius 3 is 2.22 bits per heavy atom. The molecule has 0 rings (SSSR count). The number of rotatable bonds is 3. The summed E-state index contributed by atoms with van der Waals surface area (Å²) in [6.07, 6.45) is 0.551. The highest BCUT2D eigenvalue weighted by molar-refractivity contribution is 5.72. The second kappa shape index (κ2) is 3.45. The van der Waals surface area contributed by atoms with Crippen molar-refractivity contribution >= 4 is 5.97 Å². The molecular formula is C6H13NO2. The Bertz CT molecular complexity index is 101. The maximum atomic E-state index is 10.1. The molecule has 0 aromatic rings. The van der Waals surface area contributed by atoms with Gasteiger partial charge in [-0.05, 0) is 12.3 Å². The van der Waals surface area contributed by atoms with Crippen LogP contribution < -0.4 is 5.73 Å². The van der Waals surface area contributed by atoms with Gasteiger partial charge < -0.3 is 10.8 Å². The minimum atomic E-state index is -0.913. The summed E-state index contributed by atoms with van der Waals surface area (Å²) in [5, 5.41) is 8.31. The van der Waals surface area contributed by atoms with Crippen LogP contribution >= 0.6 is 0 Å². The Balaban J connectivity index is 3.50. The Labute approximate surface area is 54.9 Å². The lowest BCUT2D eigenvalue weighted by atomic mass is 10.2. The molecule has 0 radical (unpaired) electrons. The van der Waals surface area contributed by atoms with E-state index in [1.807, 2.05) is 13.8 Å². The van der Waals surface area contributed by atoms with E-state index in [1.165, 1.54) is 0 Å². The van der Waals surface area contributed by atoms with Gasteiger partial charge in [-0.15, -0.1) is 0 Å². The predicted octanol–water partition coefficient (Wildman–Crippen LogP) is 0.444. The molecule has 9 heavy (non-hydrogen) atoms. The lowest BCUT2D eigenvalue weighted by Crippen LogP contribution is -2.31. The van der Waals surface area contributed by atoms with E-state index >= 15 is 0 Å². The van der Waals surface area contributed by atoms with Crippen molar-refractivity contribution in [2.75, 3.05) is 0 Å². The molecule has 0 aliphatic heterocycles. The van der Waals surface area contributed by atoms with Crippen molar-refractivity contribution in [1.82, 2.24) is 0 Å². The monoisotopic (exact) mass is 133 g/mol. The van der Waals surface area contributed by atoms with Crippen LogP contribution in [0, 0.1) is 5.92 Å². The second-order valence-corrected chi connectivity index (χ2v) is 2.57. The highest BCUT2D eigenvalue weighted by Crippen LogP contribution is 2.01. The molecule has 0 aromatic heterocycles. The molecule has 0 saturated heterocycles. The number of carboxylic acids is 1. The minimum absolute atomic E-state index is 0.357. The summed E-state index contributed by atoms with van der Waals surface area (Å²) >= 11 is 0. The normalized spacial score (nSPS) is 13.8. The zero-order valence-corrected chi connectivity index (χ0v) is 5.79. The average Bonchev–Trinajstić information content (AvgIpc) is 1.63. The van der Waals surface area contributed by atoms with Crippen LogP contribution in [0.3, 0.4) is 0 Å². The van der Waals surface area contributed by atoms with Gasteiger partial charge in [0.15, 0.2) is 0 Å². The maximum Gasteiger partial charge on any atom is 0.320 e. The van der Waals surface area contributed by atoms with Gasteiger partial charge in [-0.3, -0.25) is 4.79 Å². The van der Waals surface area contributed by atoms with Crippen LogP contribution in [0.25, 0.3) is 0 Å². The van der Waals surface area contributed by atoms with E-state index in [4.69, 9.17) is 10.8 Å². The first-order valence-electron chi connectivity index (χ1n) is 3.02. The summed E-state index contributed by atoms with van der Waals surface area (Å²) in [5.41, 5.74) is 5.22. The predicted molar refractivity (Wildman–Crippen MR) is 35.1 cm³/mol. The Morgan fingerprint density at radius 2 is 2.11 bits per heavy atom. The maximum absolute atomic E-state index is 10.1. The number of aliphatic carboxylic acids is 1. The van der Waals surface area contributed by atoms with Crippen molar-refractivity contribution in [2.24, 2.45) is 11.7 Å². The zero-order valence-electron chi connectivity index (χ0n) is 5.79. The summed E-state index contributed by atoms with van der Waals surface area (Å²) in [7, 11) is 0. The van der Waals surface area contributed by atoms with E-state index in [1.54, 1.807) is 0 Å². The van der Waals surface area contributed by atoms with Gasteiger partial charge in [0.1, 0.15) is 6.04 Å². The Hall–Kier alpha value is -0.570. The Kier molecular flexibility index (Phi) is 3.24. The van der Waals surface area contributed by atoms with Gasteiger partial charge in [0.2, 0.25) is 0 Å². The van der Waals surface area contributed by atoms with Gasteiger partial charge in [-0.25, -0.2) is 0 Å². The first kappa shape index (κ1) is 8.43. The van der Waals surface area contributed by atoms with E-state index in [2.05, 4.69) is 0 Å². The molecule has 0 bridgehead atoms. The summed E-state index contributed by atoms with van der Waals surface area (Å²) in [5.74, 6) is -0.556. The van der Waals surface area contributed by atoms with Crippen molar-refractivity contribution in [3.05, 3.63) is 0 Å². The van der Waals surface area contributed by atoms with Crippen molar-refractivity contribution < 1.29 is 9.90 Å². The SMILES string of the molecule is CC(C)C[13C@H](N)[13C](=O)O. The van der Waals surface area contributed by atoms with Gasteiger partial charge >= 0.3 is 5.97 Å². The number of carbonyl (C=O) groups is 1. The summed E-state index contributed by atoms with van der Waals surface area (Å²) in [6, 6.07) is -0.690. The molecule has 0 amide bonds. The molecule has 3 heteroatoms. The lowest BCUT2D eigenvalue weighted by Gasteiger charge is -2.07. The van der Waals surface area contributed by atoms with Gasteiger partial charge in [0, 0.05) is 0 Å². The molecule has 54 valence electrons. The van der Waals surface area contributed by atoms with E-state index in [0.717, 1.165) is 0 Å². The summed E-state index contributed by atoms with van der Waals surface area (Å²) < 4.78 is 0. The van der Waals surface area contributed by atoms with E-state index in [9.17, 15) is 4.79 Å². The molecule has 0 unspecified atom stereocenters. The van der Waals surface area contributed by atoms with Crippen LogP contribution in [0.4, 0.5) is 0 Å². The van der Waals surface area contributed by atoms with E-state index in [0.29, 0.717) is 12.3 Å². The molecule has 0 spiro atoms. The third-order valence-electron chi connectivity index (χ3n) is 1.04. The first-order chi connectivity index (χ1) is 4.04. The van der Waals surface area contributed by atoms with Crippen molar-refractivity contribution in [3.8, 4) is 0 Å². The van der Waals surface area contributed by atoms with Crippen molar-refractivity contribution in [1.29, 1.82) is 0 Å². The third-order valence-corrected chi connectivity index (χ3v) is 1.04. The highest BCUT2D eigenvalue weighted by atomic mass is 16.5. The van der Waals surface area contributed by atoms with Crippen LogP contribution in [0.1, 0.15) is 20.3 Å². The largest absolute Gasteiger partial charge is 0.480 e. The molecule has 1 atom stereocenters. The van der Waals surface area contributed by atoms with Gasteiger partial charge in [0.25, 0.3) is 0 Å². The zero-order chi connectivity index (χ0) is 7.44. The quantitative estimate of drug-likeness (QED) is 0.549. The fourth-order valence-electron chi connectivity index (χ4n) is 0.609. The Morgan fingerprint density at radius 1 is 1.67 bits per heavy atom. The van der Waals surface area contributed by atoms with Gasteiger partial charge in [-0.2, -0.15) is 0 Å². The smallest absolute Gasteiger partial charge is 0.320 e. The standard InChI is InChI=1S/C6H13NO2/c1-4(2)3-5(7)6(8)9/h4-5H,3,7H2,1-2H3,(H,8,9)/t5-/m0/s1/i5+1,6+1. The fourth-order valence-corrected chi connectivity index (χ4v) is 0.609. The number of hydrogen-bond acceptors (Lipinski definition) is 2. The van der Waals surface area contributed by atoms with Crippen LogP contribution in [0.15, 0.2) is 0 Å². The van der Waals surface area contributed by atoms with E-state index in [-0.39, 0.29) is 0 Å². The molecule has 0 fully saturated rings. The minimum Gasteiger partial charge on any atom is -0.480 e. The third kappa shape index (κ3) is 3.97. The van der Waals surface area contributed by atoms with Crippen molar-refractivity contribution in [3.63, 3.8) is 0 Å². The first-order valence-corrected chi connectivity index (χ1v) is 3.02. The van der Waals surface area contributed by atoms with Crippen molar-refractivity contribution in [2.45, 2.75) is 26.3 Å². The molecule has 0 heterocycles. The number of nitrogens with two attached hydrogens (primary N) is 1. The fraction of sp³-hybridized carbons (Fsp3) is 0.833. The number of carboxylic acid groups (broad SMARTS) is 1. The highest BCUT2D eigenvalue weighted by Gasteiger charge is 2.11.